The SMILES string of the molecule is CCOc1cc(Cl)c(C(Br)CCC2CCCCO2)cc1Cl. The lowest BCUT2D eigenvalue weighted by molar-refractivity contribution is 0.0102. The smallest absolute Gasteiger partial charge is 0.139 e. The van der Waals surface area contributed by atoms with Gasteiger partial charge in [0.2, 0.25) is 0 Å². The highest BCUT2D eigenvalue weighted by atomic mass is 79.9. The van der Waals surface area contributed by atoms with E-state index in [1.165, 1.54) is 12.8 Å². The molecule has 5 heteroatoms. The third kappa shape index (κ3) is 5.02. The van der Waals surface area contributed by atoms with Crippen molar-refractivity contribution in [2.75, 3.05) is 13.2 Å². The minimum atomic E-state index is 0.184. The first-order valence-corrected chi connectivity index (χ1v) is 9.16. The van der Waals surface area contributed by atoms with Crippen LogP contribution in [0, 0.1) is 0 Å². The van der Waals surface area contributed by atoms with Gasteiger partial charge in [-0.3, -0.25) is 0 Å². The molecule has 1 aliphatic heterocycles. The molecule has 1 aliphatic rings. The number of hydrogen-bond acceptors (Lipinski definition) is 2. The topological polar surface area (TPSA) is 18.5 Å². The molecule has 2 nitrogen and oxygen atoms in total. The van der Waals surface area contributed by atoms with E-state index in [2.05, 4.69) is 15.9 Å². The van der Waals surface area contributed by atoms with E-state index in [9.17, 15) is 0 Å². The van der Waals surface area contributed by atoms with Gasteiger partial charge in [0.1, 0.15) is 5.75 Å². The first-order valence-electron chi connectivity index (χ1n) is 7.49. The second-order valence-electron chi connectivity index (χ2n) is 5.27. The van der Waals surface area contributed by atoms with E-state index in [4.69, 9.17) is 32.7 Å². The summed E-state index contributed by atoms with van der Waals surface area (Å²) in [5.74, 6) is 0.642. The van der Waals surface area contributed by atoms with Gasteiger partial charge in [-0.25, -0.2) is 0 Å². The number of rotatable bonds is 6. The molecule has 0 amide bonds. The van der Waals surface area contributed by atoms with Crippen molar-refractivity contribution < 1.29 is 9.47 Å². The van der Waals surface area contributed by atoms with Crippen LogP contribution in [0.1, 0.15) is 49.4 Å². The molecule has 1 aromatic rings. The quantitative estimate of drug-likeness (QED) is 0.535. The van der Waals surface area contributed by atoms with Crippen molar-refractivity contribution in [3.05, 3.63) is 27.7 Å². The average molecular weight is 396 g/mol. The van der Waals surface area contributed by atoms with E-state index in [1.807, 2.05) is 13.0 Å². The minimum Gasteiger partial charge on any atom is -0.492 e. The first kappa shape index (κ1) is 17.4. The molecule has 0 N–H and O–H groups in total. The first-order chi connectivity index (χ1) is 10.1. The number of alkyl halides is 1. The van der Waals surface area contributed by atoms with E-state index >= 15 is 0 Å². The highest BCUT2D eigenvalue weighted by Crippen LogP contribution is 2.39. The van der Waals surface area contributed by atoms with Crippen LogP contribution in [0.4, 0.5) is 0 Å². The largest absolute Gasteiger partial charge is 0.492 e. The number of ether oxygens (including phenoxy) is 2. The van der Waals surface area contributed by atoms with Crippen LogP contribution in [-0.2, 0) is 4.74 Å². The summed E-state index contributed by atoms with van der Waals surface area (Å²) < 4.78 is 11.2. The Hall–Kier alpha value is 0.0400. The molecule has 2 atom stereocenters. The fourth-order valence-corrected chi connectivity index (χ4v) is 3.86. The fourth-order valence-electron chi connectivity index (χ4n) is 2.57. The second-order valence-corrected chi connectivity index (χ2v) is 7.19. The molecule has 0 aromatic heterocycles. The summed E-state index contributed by atoms with van der Waals surface area (Å²) in [6.07, 6.45) is 6.03. The van der Waals surface area contributed by atoms with Gasteiger partial charge in [-0.15, -0.1) is 0 Å². The van der Waals surface area contributed by atoms with Gasteiger partial charge in [-0.2, -0.15) is 0 Å². The van der Waals surface area contributed by atoms with E-state index in [-0.39, 0.29) is 4.83 Å². The Bertz CT molecular complexity index is 462. The third-order valence-corrected chi connectivity index (χ3v) is 5.28. The van der Waals surface area contributed by atoms with Gasteiger partial charge in [0.25, 0.3) is 0 Å². The summed E-state index contributed by atoms with van der Waals surface area (Å²) in [7, 11) is 0. The molecule has 1 fully saturated rings. The Balaban J connectivity index is 1.97. The van der Waals surface area contributed by atoms with Crippen molar-refractivity contribution in [3.8, 4) is 5.75 Å². The summed E-state index contributed by atoms with van der Waals surface area (Å²) in [6.45, 7) is 3.40. The molecule has 1 saturated heterocycles. The molecular formula is C16H21BrCl2O2. The Morgan fingerprint density at radius 1 is 1.33 bits per heavy atom. The van der Waals surface area contributed by atoms with Crippen LogP contribution in [0.5, 0.6) is 5.75 Å². The summed E-state index contributed by atoms with van der Waals surface area (Å²) in [5, 5.41) is 1.30. The van der Waals surface area contributed by atoms with E-state index < -0.39 is 0 Å². The lowest BCUT2D eigenvalue weighted by Crippen LogP contribution is -2.19. The standard InChI is InChI=1S/C16H21BrCl2O2/c1-2-20-16-10-14(18)12(9-15(16)19)13(17)7-6-11-5-3-4-8-21-11/h9-11,13H,2-8H2,1H3. The lowest BCUT2D eigenvalue weighted by Gasteiger charge is -2.24. The summed E-state index contributed by atoms with van der Waals surface area (Å²) in [6, 6.07) is 3.70. The van der Waals surface area contributed by atoms with Gasteiger partial charge in [-0.1, -0.05) is 39.1 Å². The van der Waals surface area contributed by atoms with Crippen molar-refractivity contribution in [2.45, 2.75) is 50.0 Å². The predicted molar refractivity (Wildman–Crippen MR) is 92.1 cm³/mol. The zero-order chi connectivity index (χ0) is 15.2. The maximum Gasteiger partial charge on any atom is 0.139 e. The molecule has 21 heavy (non-hydrogen) atoms. The Morgan fingerprint density at radius 2 is 2.14 bits per heavy atom. The molecule has 1 heterocycles. The number of benzene rings is 1. The Morgan fingerprint density at radius 3 is 2.81 bits per heavy atom. The minimum absolute atomic E-state index is 0.184. The normalized spacial score (nSPS) is 20.3. The summed E-state index contributed by atoms with van der Waals surface area (Å²) in [5.41, 5.74) is 1.01. The van der Waals surface area contributed by atoms with E-state index in [0.717, 1.165) is 31.4 Å². The molecule has 118 valence electrons. The van der Waals surface area contributed by atoms with Crippen LogP contribution in [0.15, 0.2) is 12.1 Å². The van der Waals surface area contributed by atoms with Gasteiger partial charge < -0.3 is 9.47 Å². The molecule has 2 unspecified atom stereocenters. The van der Waals surface area contributed by atoms with Crippen LogP contribution >= 0.6 is 39.1 Å². The van der Waals surface area contributed by atoms with Crippen molar-refractivity contribution in [2.24, 2.45) is 0 Å². The Labute approximate surface area is 145 Å². The second kappa shape index (κ2) is 8.61. The molecule has 0 saturated carbocycles. The monoisotopic (exact) mass is 394 g/mol. The maximum atomic E-state index is 6.35. The molecule has 1 aromatic carbocycles. The van der Waals surface area contributed by atoms with Gasteiger partial charge in [0.05, 0.1) is 17.7 Å². The van der Waals surface area contributed by atoms with Crippen molar-refractivity contribution in [3.63, 3.8) is 0 Å². The average Bonchev–Trinajstić information content (AvgIpc) is 2.49. The number of halogens is 3. The van der Waals surface area contributed by atoms with Crippen molar-refractivity contribution in [1.82, 2.24) is 0 Å². The molecular weight excluding hydrogens is 375 g/mol. The molecule has 2 rings (SSSR count). The van der Waals surface area contributed by atoms with Crippen molar-refractivity contribution >= 4 is 39.1 Å². The molecule has 0 spiro atoms. The van der Waals surface area contributed by atoms with Gasteiger partial charge in [0, 0.05) is 22.5 Å². The molecule has 0 bridgehead atoms. The van der Waals surface area contributed by atoms with Gasteiger partial charge in [-0.05, 0) is 50.7 Å². The zero-order valence-electron chi connectivity index (χ0n) is 12.2. The fraction of sp³-hybridized carbons (Fsp3) is 0.625. The van der Waals surface area contributed by atoms with Gasteiger partial charge >= 0.3 is 0 Å². The van der Waals surface area contributed by atoms with E-state index in [0.29, 0.717) is 28.5 Å². The third-order valence-electron chi connectivity index (χ3n) is 3.70. The van der Waals surface area contributed by atoms with Crippen LogP contribution in [0.3, 0.4) is 0 Å². The zero-order valence-corrected chi connectivity index (χ0v) is 15.3. The predicted octanol–water partition coefficient (Wildman–Crippen LogP) is 6.18. The summed E-state index contributed by atoms with van der Waals surface area (Å²) >= 11 is 16.3. The molecule has 0 radical (unpaired) electrons. The summed E-state index contributed by atoms with van der Waals surface area (Å²) in [4.78, 5) is 0.184. The highest BCUT2D eigenvalue weighted by molar-refractivity contribution is 9.09. The number of hydrogen-bond donors (Lipinski definition) is 0. The van der Waals surface area contributed by atoms with Crippen LogP contribution in [0.2, 0.25) is 10.0 Å². The van der Waals surface area contributed by atoms with Crippen LogP contribution in [0.25, 0.3) is 0 Å². The Kier molecular flexibility index (Phi) is 7.14. The molecule has 0 aliphatic carbocycles. The van der Waals surface area contributed by atoms with Gasteiger partial charge in [0.15, 0.2) is 0 Å². The van der Waals surface area contributed by atoms with Crippen molar-refractivity contribution in [1.29, 1.82) is 0 Å². The van der Waals surface area contributed by atoms with Crippen LogP contribution in [-0.4, -0.2) is 19.3 Å². The highest BCUT2D eigenvalue weighted by Gasteiger charge is 2.19. The maximum absolute atomic E-state index is 6.35. The van der Waals surface area contributed by atoms with Crippen LogP contribution < -0.4 is 4.74 Å². The lowest BCUT2D eigenvalue weighted by atomic mass is 10.0. The van der Waals surface area contributed by atoms with E-state index in [1.54, 1.807) is 6.07 Å².